The first kappa shape index (κ1) is 13.1. The molecule has 3 atom stereocenters. The van der Waals surface area contributed by atoms with E-state index in [9.17, 15) is 10.2 Å². The first-order valence-electron chi connectivity index (χ1n) is 5.98. The van der Waals surface area contributed by atoms with Gasteiger partial charge >= 0.3 is 0 Å². The first-order valence-corrected chi connectivity index (χ1v) is 5.98. The molecule has 4 heteroatoms. The molecule has 1 aromatic rings. The largest absolute Gasteiger partial charge is 0.497 e. The maximum absolute atomic E-state index is 9.52. The van der Waals surface area contributed by atoms with Crippen LogP contribution < -0.4 is 4.74 Å². The quantitative estimate of drug-likeness (QED) is 0.790. The van der Waals surface area contributed by atoms with Gasteiger partial charge in [-0.25, -0.2) is 0 Å². The van der Waals surface area contributed by atoms with Gasteiger partial charge in [0.2, 0.25) is 0 Å². The van der Waals surface area contributed by atoms with E-state index in [1.54, 1.807) is 19.3 Å². The summed E-state index contributed by atoms with van der Waals surface area (Å²) in [5.74, 6) is 0.815. The molecule has 2 rings (SSSR count). The summed E-state index contributed by atoms with van der Waals surface area (Å²) in [4.78, 5) is 0. The predicted octanol–water partition coefficient (Wildman–Crippen LogP) is 1.26. The summed E-state index contributed by atoms with van der Waals surface area (Å²) in [5.41, 5.74) is 1.05. The van der Waals surface area contributed by atoms with Gasteiger partial charge < -0.3 is 19.7 Å². The van der Waals surface area contributed by atoms with Crippen LogP contribution in [0.1, 0.15) is 12.0 Å². The van der Waals surface area contributed by atoms with E-state index in [-0.39, 0.29) is 6.10 Å². The molecule has 0 amide bonds. The fourth-order valence-corrected chi connectivity index (χ4v) is 1.87. The van der Waals surface area contributed by atoms with Gasteiger partial charge in [-0.3, -0.25) is 0 Å². The number of aliphatic hydroxyl groups is 2. The van der Waals surface area contributed by atoms with Gasteiger partial charge in [0.25, 0.3) is 0 Å². The molecule has 98 valence electrons. The smallest absolute Gasteiger partial charge is 0.118 e. The van der Waals surface area contributed by atoms with Crippen molar-refractivity contribution in [3.8, 4) is 5.75 Å². The average Bonchev–Trinajstić information content (AvgIpc) is 2.41. The zero-order valence-electron chi connectivity index (χ0n) is 10.3. The topological polar surface area (TPSA) is 58.9 Å². The third kappa shape index (κ3) is 3.32. The van der Waals surface area contributed by atoms with E-state index in [2.05, 4.69) is 0 Å². The Labute approximate surface area is 106 Å². The number of benzene rings is 1. The molecule has 18 heavy (non-hydrogen) atoms. The van der Waals surface area contributed by atoms with Crippen LogP contribution in [-0.4, -0.2) is 35.6 Å². The van der Waals surface area contributed by atoms with Crippen LogP contribution in [0.2, 0.25) is 0 Å². The minimum Gasteiger partial charge on any atom is -0.497 e. The lowest BCUT2D eigenvalue weighted by Crippen LogP contribution is -2.33. The minimum atomic E-state index is -0.772. The Balaban J connectivity index is 1.86. The molecule has 0 bridgehead atoms. The predicted molar refractivity (Wildman–Crippen MR) is 67.3 cm³/mol. The summed E-state index contributed by atoms with van der Waals surface area (Å²) in [6, 6.07) is 7.65. The van der Waals surface area contributed by atoms with Gasteiger partial charge in [0.1, 0.15) is 5.75 Å². The van der Waals surface area contributed by atoms with Crippen LogP contribution in [-0.2, 0) is 11.3 Å². The summed E-state index contributed by atoms with van der Waals surface area (Å²) in [5, 5.41) is 18.8. The molecule has 0 fully saturated rings. The Morgan fingerprint density at radius 2 is 1.89 bits per heavy atom. The number of hydrogen-bond donors (Lipinski definition) is 2. The van der Waals surface area contributed by atoms with Crippen LogP contribution in [0, 0.1) is 0 Å². The highest BCUT2D eigenvalue weighted by Gasteiger charge is 2.23. The lowest BCUT2D eigenvalue weighted by atomic mass is 9.99. The average molecular weight is 250 g/mol. The highest BCUT2D eigenvalue weighted by molar-refractivity contribution is 5.26. The van der Waals surface area contributed by atoms with Crippen LogP contribution in [0.3, 0.4) is 0 Å². The molecule has 0 saturated carbocycles. The second kappa shape index (κ2) is 6.00. The van der Waals surface area contributed by atoms with Crippen molar-refractivity contribution < 1.29 is 19.7 Å². The van der Waals surface area contributed by atoms with Crippen molar-refractivity contribution in [2.24, 2.45) is 0 Å². The van der Waals surface area contributed by atoms with E-state index in [4.69, 9.17) is 9.47 Å². The molecular weight excluding hydrogens is 232 g/mol. The van der Waals surface area contributed by atoms with E-state index < -0.39 is 12.2 Å². The van der Waals surface area contributed by atoms with Crippen LogP contribution in [0.25, 0.3) is 0 Å². The Morgan fingerprint density at radius 1 is 1.17 bits per heavy atom. The molecule has 2 N–H and O–H groups in total. The molecule has 1 aliphatic carbocycles. The van der Waals surface area contributed by atoms with Gasteiger partial charge in [-0.2, -0.15) is 0 Å². The van der Waals surface area contributed by atoms with E-state index >= 15 is 0 Å². The molecule has 0 heterocycles. The van der Waals surface area contributed by atoms with Crippen molar-refractivity contribution in [3.63, 3.8) is 0 Å². The van der Waals surface area contributed by atoms with Gasteiger partial charge in [0.05, 0.1) is 32.0 Å². The zero-order valence-corrected chi connectivity index (χ0v) is 10.3. The number of rotatable bonds is 4. The lowest BCUT2D eigenvalue weighted by Gasteiger charge is -2.25. The van der Waals surface area contributed by atoms with Crippen molar-refractivity contribution in [1.82, 2.24) is 0 Å². The Bertz CT molecular complexity index is 399. The normalized spacial score (nSPS) is 27.2. The highest BCUT2D eigenvalue weighted by Crippen LogP contribution is 2.18. The molecule has 0 saturated heterocycles. The van der Waals surface area contributed by atoms with Crippen LogP contribution in [0.15, 0.2) is 36.4 Å². The molecule has 1 aromatic carbocycles. The van der Waals surface area contributed by atoms with E-state index in [0.29, 0.717) is 13.0 Å². The third-order valence-corrected chi connectivity index (χ3v) is 3.01. The van der Waals surface area contributed by atoms with Crippen LogP contribution in [0.5, 0.6) is 5.75 Å². The summed E-state index contributed by atoms with van der Waals surface area (Å²) >= 11 is 0. The number of aliphatic hydroxyl groups excluding tert-OH is 2. The summed E-state index contributed by atoms with van der Waals surface area (Å²) < 4.78 is 10.7. The Hall–Kier alpha value is -1.36. The van der Waals surface area contributed by atoms with Crippen LogP contribution >= 0.6 is 0 Å². The Morgan fingerprint density at radius 3 is 2.50 bits per heavy atom. The van der Waals surface area contributed by atoms with Crippen molar-refractivity contribution in [1.29, 1.82) is 0 Å². The van der Waals surface area contributed by atoms with Crippen molar-refractivity contribution in [3.05, 3.63) is 42.0 Å². The zero-order chi connectivity index (χ0) is 13.0. The second-order valence-electron chi connectivity index (χ2n) is 4.38. The maximum atomic E-state index is 9.52. The third-order valence-electron chi connectivity index (χ3n) is 3.01. The van der Waals surface area contributed by atoms with E-state index in [1.165, 1.54) is 0 Å². The van der Waals surface area contributed by atoms with Gasteiger partial charge in [0, 0.05) is 6.42 Å². The monoisotopic (exact) mass is 250 g/mol. The van der Waals surface area contributed by atoms with Gasteiger partial charge in [0.15, 0.2) is 0 Å². The molecule has 0 unspecified atom stereocenters. The SMILES string of the molecule is COc1ccc(CO[C@@H]2C=C[C@@H](O)[C@@H](O)C2)cc1. The van der Waals surface area contributed by atoms with Crippen LogP contribution in [0.4, 0.5) is 0 Å². The molecule has 0 aliphatic heterocycles. The number of ether oxygens (including phenoxy) is 2. The van der Waals surface area contributed by atoms with Crippen molar-refractivity contribution in [2.45, 2.75) is 31.3 Å². The fourth-order valence-electron chi connectivity index (χ4n) is 1.87. The fraction of sp³-hybridized carbons (Fsp3) is 0.429. The summed E-state index contributed by atoms with van der Waals surface area (Å²) in [6.07, 6.45) is 2.13. The maximum Gasteiger partial charge on any atom is 0.118 e. The molecule has 0 aromatic heterocycles. The molecule has 0 spiro atoms. The number of hydrogen-bond acceptors (Lipinski definition) is 4. The molecular formula is C14H18O4. The van der Waals surface area contributed by atoms with Gasteiger partial charge in [-0.15, -0.1) is 0 Å². The number of methoxy groups -OCH3 is 1. The summed E-state index contributed by atoms with van der Waals surface area (Å²) in [6.45, 7) is 0.474. The standard InChI is InChI=1S/C14H18O4/c1-17-11-4-2-10(3-5-11)9-18-12-6-7-13(15)14(16)8-12/h2-7,12-16H,8-9H2,1H3/t12-,13-,14+/m1/s1. The lowest BCUT2D eigenvalue weighted by molar-refractivity contribution is -0.0191. The molecule has 0 radical (unpaired) electrons. The highest BCUT2D eigenvalue weighted by atomic mass is 16.5. The summed E-state index contributed by atoms with van der Waals surface area (Å²) in [7, 11) is 1.63. The minimum absolute atomic E-state index is 0.148. The van der Waals surface area contributed by atoms with Gasteiger partial charge in [-0.05, 0) is 17.7 Å². The van der Waals surface area contributed by atoms with Gasteiger partial charge in [-0.1, -0.05) is 24.3 Å². The van der Waals surface area contributed by atoms with Crippen molar-refractivity contribution >= 4 is 0 Å². The van der Waals surface area contributed by atoms with E-state index in [0.717, 1.165) is 11.3 Å². The molecule has 4 nitrogen and oxygen atoms in total. The first-order chi connectivity index (χ1) is 8.69. The Kier molecular flexibility index (Phi) is 4.36. The molecule has 1 aliphatic rings. The second-order valence-corrected chi connectivity index (χ2v) is 4.38. The van der Waals surface area contributed by atoms with Crippen molar-refractivity contribution in [2.75, 3.05) is 7.11 Å². The van der Waals surface area contributed by atoms with E-state index in [1.807, 2.05) is 24.3 Å².